The third kappa shape index (κ3) is 29.0. The van der Waals surface area contributed by atoms with E-state index in [0.29, 0.717) is 0 Å². The molecular weight excluding hydrogens is 384 g/mol. The van der Waals surface area contributed by atoms with Gasteiger partial charge in [0.2, 0.25) is 0 Å². The fourth-order valence-corrected chi connectivity index (χ4v) is 4.30. The minimum atomic E-state index is 1.20. The zero-order valence-electron chi connectivity index (χ0n) is 21.9. The molecule has 0 amide bonds. The minimum absolute atomic E-state index is 1.20. The summed E-state index contributed by atoms with van der Waals surface area (Å²) in [5.74, 6) is 0. The molecule has 0 heteroatoms. The summed E-state index contributed by atoms with van der Waals surface area (Å²) in [7, 11) is 0. The molecule has 0 heterocycles. The Kier molecular flexibility index (Phi) is 29.0. The predicted octanol–water partition coefficient (Wildman–Crippen LogP) is 11.6. The lowest BCUT2D eigenvalue weighted by atomic mass is 10.0. The van der Waals surface area contributed by atoms with E-state index >= 15 is 0 Å². The monoisotopic (exact) mass is 441 g/mol. The Hall–Kier alpha value is -1.04. The molecule has 0 bridgehead atoms. The summed E-state index contributed by atoms with van der Waals surface area (Å²) < 4.78 is 0. The molecule has 0 atom stereocenters. The topological polar surface area (TPSA) is 0 Å². The van der Waals surface area contributed by atoms with Crippen LogP contribution in [0.1, 0.15) is 155 Å². The van der Waals surface area contributed by atoms with Crippen LogP contribution in [0.2, 0.25) is 0 Å². The fraction of sp³-hybridized carbons (Fsp3) is 0.750. The van der Waals surface area contributed by atoms with Crippen LogP contribution in [0, 0.1) is 6.58 Å². The molecule has 0 aromatic rings. The Morgan fingerprint density at radius 1 is 0.375 bits per heavy atom. The van der Waals surface area contributed by atoms with Crippen molar-refractivity contribution in [1.29, 1.82) is 0 Å². The Balaban J connectivity index is 3.09. The SMILES string of the molecule is [CH]=CC=CC=CC=CCCCCCCCCCCCCCCCCCCCCCCCC. The molecule has 32 heavy (non-hydrogen) atoms. The van der Waals surface area contributed by atoms with Crippen LogP contribution in [0.4, 0.5) is 0 Å². The lowest BCUT2D eigenvalue weighted by Crippen LogP contribution is -1.84. The second-order valence-electron chi connectivity index (χ2n) is 9.60. The van der Waals surface area contributed by atoms with Crippen molar-refractivity contribution in [1.82, 2.24) is 0 Å². The summed E-state index contributed by atoms with van der Waals surface area (Å²) in [6.45, 7) is 7.57. The van der Waals surface area contributed by atoms with Gasteiger partial charge in [-0.3, -0.25) is 0 Å². The van der Waals surface area contributed by atoms with E-state index in [2.05, 4.69) is 25.2 Å². The van der Waals surface area contributed by atoms with Crippen molar-refractivity contribution in [2.45, 2.75) is 155 Å². The van der Waals surface area contributed by atoms with Gasteiger partial charge in [-0.1, -0.05) is 191 Å². The lowest BCUT2D eigenvalue weighted by Gasteiger charge is -2.04. The average molecular weight is 442 g/mol. The lowest BCUT2D eigenvalue weighted by molar-refractivity contribution is 0.519. The first kappa shape index (κ1) is 31.0. The first-order valence-corrected chi connectivity index (χ1v) is 14.4. The third-order valence-electron chi connectivity index (χ3n) is 6.42. The van der Waals surface area contributed by atoms with Crippen molar-refractivity contribution in [3.8, 4) is 0 Å². The van der Waals surface area contributed by atoms with Gasteiger partial charge in [-0.05, 0) is 12.8 Å². The van der Waals surface area contributed by atoms with Gasteiger partial charge in [0.1, 0.15) is 0 Å². The Morgan fingerprint density at radius 2 is 0.688 bits per heavy atom. The van der Waals surface area contributed by atoms with Crippen LogP contribution in [0.3, 0.4) is 0 Å². The van der Waals surface area contributed by atoms with E-state index in [1.807, 2.05) is 18.2 Å². The molecule has 0 saturated heterocycles. The van der Waals surface area contributed by atoms with Gasteiger partial charge in [-0.25, -0.2) is 0 Å². The van der Waals surface area contributed by atoms with Crippen LogP contribution in [-0.4, -0.2) is 0 Å². The Labute approximate surface area is 203 Å². The maximum absolute atomic E-state index is 5.27. The molecule has 0 spiro atoms. The highest BCUT2D eigenvalue weighted by Gasteiger charge is 1.95. The molecule has 0 aliphatic heterocycles. The Bertz CT molecular complexity index is 425. The highest BCUT2D eigenvalue weighted by Crippen LogP contribution is 2.15. The van der Waals surface area contributed by atoms with Crippen molar-refractivity contribution in [2.75, 3.05) is 0 Å². The number of unbranched alkanes of at least 4 members (excludes halogenated alkanes) is 22. The molecule has 0 aromatic carbocycles. The first-order chi connectivity index (χ1) is 15.9. The number of hydrogen-bond acceptors (Lipinski definition) is 0. The van der Waals surface area contributed by atoms with E-state index < -0.39 is 0 Å². The van der Waals surface area contributed by atoms with Crippen molar-refractivity contribution in [3.63, 3.8) is 0 Å². The highest BCUT2D eigenvalue weighted by molar-refractivity contribution is 5.13. The predicted molar refractivity (Wildman–Crippen MR) is 148 cm³/mol. The second kappa shape index (κ2) is 30.0. The third-order valence-corrected chi connectivity index (χ3v) is 6.42. The van der Waals surface area contributed by atoms with Crippen molar-refractivity contribution < 1.29 is 0 Å². The summed E-state index contributed by atoms with van der Waals surface area (Å²) in [5.41, 5.74) is 0. The fourth-order valence-electron chi connectivity index (χ4n) is 4.30. The van der Waals surface area contributed by atoms with Gasteiger partial charge in [-0.2, -0.15) is 0 Å². The van der Waals surface area contributed by atoms with E-state index in [1.165, 1.54) is 148 Å². The first-order valence-electron chi connectivity index (χ1n) is 14.4. The van der Waals surface area contributed by atoms with Crippen LogP contribution in [-0.2, 0) is 0 Å². The number of allylic oxidation sites excluding steroid dienone is 7. The molecule has 185 valence electrons. The minimum Gasteiger partial charge on any atom is -0.0845 e. The van der Waals surface area contributed by atoms with E-state index in [4.69, 9.17) is 6.58 Å². The van der Waals surface area contributed by atoms with E-state index in [1.54, 1.807) is 6.08 Å². The van der Waals surface area contributed by atoms with E-state index in [9.17, 15) is 0 Å². The van der Waals surface area contributed by atoms with Crippen LogP contribution in [0.5, 0.6) is 0 Å². The average Bonchev–Trinajstić information content (AvgIpc) is 2.81. The molecule has 0 aliphatic carbocycles. The zero-order valence-corrected chi connectivity index (χ0v) is 21.9. The molecule has 0 nitrogen and oxygen atoms in total. The van der Waals surface area contributed by atoms with Gasteiger partial charge in [-0.15, -0.1) is 0 Å². The smallest absolute Gasteiger partial charge is 0.0348 e. The molecule has 0 saturated carbocycles. The second-order valence-corrected chi connectivity index (χ2v) is 9.60. The molecule has 0 rings (SSSR count). The summed E-state index contributed by atoms with van der Waals surface area (Å²) in [4.78, 5) is 0. The van der Waals surface area contributed by atoms with Crippen molar-refractivity contribution in [2.24, 2.45) is 0 Å². The van der Waals surface area contributed by atoms with Crippen LogP contribution >= 0.6 is 0 Å². The van der Waals surface area contributed by atoms with E-state index in [-0.39, 0.29) is 0 Å². The molecule has 1 radical (unpaired) electrons. The van der Waals surface area contributed by atoms with Gasteiger partial charge < -0.3 is 0 Å². The maximum Gasteiger partial charge on any atom is -0.0348 e. The van der Waals surface area contributed by atoms with Gasteiger partial charge >= 0.3 is 0 Å². The molecular formula is C32H57. The van der Waals surface area contributed by atoms with Crippen molar-refractivity contribution in [3.05, 3.63) is 49.1 Å². The zero-order chi connectivity index (χ0) is 23.2. The number of rotatable bonds is 26. The highest BCUT2D eigenvalue weighted by atomic mass is 14.0. The molecule has 0 fully saturated rings. The summed E-state index contributed by atoms with van der Waals surface area (Å²) in [6, 6.07) is 0. The standard InChI is InChI=1S/C32H57/c1-3-5-7-9-11-13-15-17-19-21-23-25-27-29-31-32-30-28-26-24-22-20-18-16-14-12-10-8-6-4-2/h1,3,5,7,9,11,13,15H,4,6,8,10,12,14,16-32H2,2H3. The molecule has 0 aromatic heterocycles. The molecule has 0 unspecified atom stereocenters. The quantitative estimate of drug-likeness (QED) is 0.0924. The number of hydrogen-bond donors (Lipinski definition) is 0. The maximum atomic E-state index is 5.27. The van der Waals surface area contributed by atoms with Gasteiger partial charge in [0.05, 0.1) is 0 Å². The van der Waals surface area contributed by atoms with Crippen LogP contribution in [0.15, 0.2) is 42.5 Å². The Morgan fingerprint density at radius 3 is 1.06 bits per heavy atom. The summed E-state index contributed by atoms with van der Waals surface area (Å²) in [6.07, 6.45) is 46.9. The van der Waals surface area contributed by atoms with Gasteiger partial charge in [0.15, 0.2) is 0 Å². The van der Waals surface area contributed by atoms with Gasteiger partial charge in [0, 0.05) is 0 Å². The summed E-state index contributed by atoms with van der Waals surface area (Å²) in [5, 5.41) is 0. The van der Waals surface area contributed by atoms with E-state index in [0.717, 1.165) is 0 Å². The normalized spacial score (nSPS) is 12.0. The van der Waals surface area contributed by atoms with Crippen LogP contribution in [0.25, 0.3) is 0 Å². The molecule has 0 N–H and O–H groups in total. The van der Waals surface area contributed by atoms with Crippen molar-refractivity contribution >= 4 is 0 Å². The summed E-state index contributed by atoms with van der Waals surface area (Å²) >= 11 is 0. The largest absolute Gasteiger partial charge is 0.0845 e. The van der Waals surface area contributed by atoms with Gasteiger partial charge in [0.25, 0.3) is 0 Å². The molecule has 0 aliphatic rings. The van der Waals surface area contributed by atoms with Crippen LogP contribution < -0.4 is 0 Å².